The van der Waals surface area contributed by atoms with Crippen LogP contribution in [0, 0.1) is 0 Å². The molecule has 0 fully saturated rings. The Bertz CT molecular complexity index is 208. The van der Waals surface area contributed by atoms with Crippen molar-refractivity contribution < 1.29 is 9.32 Å². The Kier molecular flexibility index (Phi) is 2.62. The Morgan fingerprint density at radius 1 is 1.80 bits per heavy atom. The number of hydrogen-bond donors (Lipinski definition) is 0. The van der Waals surface area contributed by atoms with Gasteiger partial charge in [-0.2, -0.15) is 0 Å². The van der Waals surface area contributed by atoms with Gasteiger partial charge >= 0.3 is 0 Å². The van der Waals surface area contributed by atoms with Crippen LogP contribution in [0.3, 0.4) is 0 Å². The van der Waals surface area contributed by atoms with Gasteiger partial charge < -0.3 is 4.52 Å². The number of halogens is 1. The summed E-state index contributed by atoms with van der Waals surface area (Å²) in [6.07, 6.45) is 1.80. The van der Waals surface area contributed by atoms with Crippen LogP contribution in [0.2, 0.25) is 0 Å². The second-order valence-electron chi connectivity index (χ2n) is 1.84. The van der Waals surface area contributed by atoms with E-state index >= 15 is 0 Å². The number of hydrogen-bond acceptors (Lipinski definition) is 3. The first kappa shape index (κ1) is 7.47. The summed E-state index contributed by atoms with van der Waals surface area (Å²) < 4.78 is 4.54. The van der Waals surface area contributed by atoms with Crippen molar-refractivity contribution in [2.24, 2.45) is 0 Å². The Balaban J connectivity index is 2.48. The second-order valence-corrected chi connectivity index (χ2v) is 2.40. The third kappa shape index (κ3) is 1.95. The van der Waals surface area contributed by atoms with Crippen molar-refractivity contribution in [3.05, 3.63) is 18.0 Å². The van der Waals surface area contributed by atoms with Crippen LogP contribution >= 0.6 is 15.9 Å². The van der Waals surface area contributed by atoms with E-state index in [9.17, 15) is 4.79 Å². The Morgan fingerprint density at radius 3 is 3.10 bits per heavy atom. The highest BCUT2D eigenvalue weighted by Gasteiger charge is 2.02. The summed E-state index contributed by atoms with van der Waals surface area (Å²) in [5, 5.41) is 3.96. The van der Waals surface area contributed by atoms with E-state index in [0.29, 0.717) is 17.4 Å². The van der Waals surface area contributed by atoms with Crippen molar-refractivity contribution >= 4 is 21.7 Å². The van der Waals surface area contributed by atoms with Gasteiger partial charge in [0.2, 0.25) is 0 Å². The monoisotopic (exact) mass is 203 g/mol. The molecule has 1 heterocycles. The van der Waals surface area contributed by atoms with Gasteiger partial charge in [0.15, 0.2) is 0 Å². The topological polar surface area (TPSA) is 43.1 Å². The highest BCUT2D eigenvalue weighted by Crippen LogP contribution is 1.97. The minimum atomic E-state index is 0.105. The van der Waals surface area contributed by atoms with Crippen LogP contribution in [-0.2, 0) is 11.2 Å². The van der Waals surface area contributed by atoms with Crippen LogP contribution in [0.5, 0.6) is 0 Å². The molecule has 0 aliphatic heterocycles. The zero-order chi connectivity index (χ0) is 7.40. The number of nitrogens with zero attached hydrogens (tertiary/aromatic N) is 1. The Morgan fingerprint density at radius 2 is 2.60 bits per heavy atom. The van der Waals surface area contributed by atoms with Crippen LogP contribution in [0.15, 0.2) is 16.9 Å². The molecule has 0 atom stereocenters. The zero-order valence-electron chi connectivity index (χ0n) is 5.21. The zero-order valence-corrected chi connectivity index (χ0v) is 6.80. The number of alkyl halides is 1. The molecule has 0 saturated carbocycles. The standard InChI is InChI=1S/C6H6BrNO2/c7-4-6(9)3-5-1-2-10-8-5/h1-2H,3-4H2. The fraction of sp³-hybridized carbons (Fsp3) is 0.333. The molecular formula is C6H6BrNO2. The molecule has 0 bridgehead atoms. The summed E-state index contributed by atoms with van der Waals surface area (Å²) in [5.41, 5.74) is 0.685. The average Bonchev–Trinajstić information content (AvgIpc) is 2.40. The van der Waals surface area contributed by atoms with Crippen LogP contribution in [-0.4, -0.2) is 16.3 Å². The quantitative estimate of drug-likeness (QED) is 0.694. The van der Waals surface area contributed by atoms with E-state index in [1.54, 1.807) is 6.07 Å². The molecule has 0 saturated heterocycles. The van der Waals surface area contributed by atoms with Crippen LogP contribution in [0.4, 0.5) is 0 Å². The van der Waals surface area contributed by atoms with Gasteiger partial charge in [-0.25, -0.2) is 0 Å². The SMILES string of the molecule is O=C(CBr)Cc1ccon1. The van der Waals surface area contributed by atoms with Crippen molar-refractivity contribution in [2.75, 3.05) is 5.33 Å². The van der Waals surface area contributed by atoms with Gasteiger partial charge in [-0.05, 0) is 0 Å². The molecule has 1 aromatic rings. The minimum absolute atomic E-state index is 0.105. The molecule has 0 aromatic carbocycles. The first-order valence-corrected chi connectivity index (χ1v) is 3.92. The number of ketones is 1. The number of Topliss-reactive ketones (excluding diaryl/α,β-unsaturated/α-hetero) is 1. The summed E-state index contributed by atoms with van der Waals surface area (Å²) >= 11 is 3.05. The smallest absolute Gasteiger partial charge is 0.149 e. The lowest BCUT2D eigenvalue weighted by molar-refractivity contribution is -0.115. The molecule has 0 amide bonds. The molecule has 0 radical (unpaired) electrons. The van der Waals surface area contributed by atoms with E-state index in [-0.39, 0.29) is 5.78 Å². The maximum atomic E-state index is 10.8. The molecule has 0 spiro atoms. The van der Waals surface area contributed by atoms with Crippen LogP contribution in [0.1, 0.15) is 5.69 Å². The van der Waals surface area contributed by atoms with Gasteiger partial charge in [0, 0.05) is 6.07 Å². The molecule has 0 aliphatic rings. The maximum Gasteiger partial charge on any atom is 0.149 e. The van der Waals surface area contributed by atoms with Gasteiger partial charge in [0.1, 0.15) is 12.0 Å². The van der Waals surface area contributed by atoms with Crippen molar-refractivity contribution in [3.8, 4) is 0 Å². The van der Waals surface area contributed by atoms with Gasteiger partial charge in [0.25, 0.3) is 0 Å². The summed E-state index contributed by atoms with van der Waals surface area (Å²) in [6.45, 7) is 0. The maximum absolute atomic E-state index is 10.8. The summed E-state index contributed by atoms with van der Waals surface area (Å²) in [7, 11) is 0. The number of carbonyl (C=O) groups is 1. The molecule has 1 aromatic heterocycles. The molecular weight excluding hydrogens is 198 g/mol. The lowest BCUT2D eigenvalue weighted by Gasteiger charge is -1.87. The summed E-state index contributed by atoms with van der Waals surface area (Å²) in [5.74, 6) is 0.105. The third-order valence-corrected chi connectivity index (χ3v) is 1.64. The Hall–Kier alpha value is -0.640. The van der Waals surface area contributed by atoms with Gasteiger partial charge in [-0.3, -0.25) is 4.79 Å². The molecule has 0 aliphatic carbocycles. The molecule has 0 N–H and O–H groups in total. The molecule has 0 unspecified atom stereocenters. The fourth-order valence-electron chi connectivity index (χ4n) is 0.578. The molecule has 4 heteroatoms. The highest BCUT2D eigenvalue weighted by atomic mass is 79.9. The molecule has 3 nitrogen and oxygen atoms in total. The van der Waals surface area contributed by atoms with Crippen molar-refractivity contribution in [1.29, 1.82) is 0 Å². The Labute approximate surface area is 66.5 Å². The number of aromatic nitrogens is 1. The summed E-state index contributed by atoms with van der Waals surface area (Å²) in [4.78, 5) is 10.8. The largest absolute Gasteiger partial charge is 0.364 e. The van der Waals surface area contributed by atoms with Gasteiger partial charge in [-0.1, -0.05) is 21.1 Å². The van der Waals surface area contributed by atoms with Gasteiger partial charge in [-0.15, -0.1) is 0 Å². The van der Waals surface area contributed by atoms with E-state index in [1.165, 1.54) is 6.26 Å². The second kappa shape index (κ2) is 3.51. The first-order valence-electron chi connectivity index (χ1n) is 2.80. The predicted octanol–water partition coefficient (Wildman–Crippen LogP) is 1.18. The van der Waals surface area contributed by atoms with Crippen molar-refractivity contribution in [1.82, 2.24) is 5.16 Å². The van der Waals surface area contributed by atoms with E-state index in [0.717, 1.165) is 0 Å². The lowest BCUT2D eigenvalue weighted by atomic mass is 10.2. The minimum Gasteiger partial charge on any atom is -0.364 e. The van der Waals surface area contributed by atoms with E-state index in [2.05, 4.69) is 25.6 Å². The lowest BCUT2D eigenvalue weighted by Crippen LogP contribution is -2.03. The van der Waals surface area contributed by atoms with Crippen molar-refractivity contribution in [3.63, 3.8) is 0 Å². The predicted molar refractivity (Wildman–Crippen MR) is 39.0 cm³/mol. The average molecular weight is 204 g/mol. The normalized spacial score (nSPS) is 9.70. The fourth-order valence-corrected chi connectivity index (χ4v) is 0.776. The molecule has 10 heavy (non-hydrogen) atoms. The van der Waals surface area contributed by atoms with E-state index in [4.69, 9.17) is 0 Å². The number of rotatable bonds is 3. The highest BCUT2D eigenvalue weighted by molar-refractivity contribution is 9.09. The van der Waals surface area contributed by atoms with E-state index in [1.807, 2.05) is 0 Å². The molecule has 54 valence electrons. The van der Waals surface area contributed by atoms with E-state index < -0.39 is 0 Å². The molecule has 1 rings (SSSR count). The van der Waals surface area contributed by atoms with Crippen LogP contribution in [0.25, 0.3) is 0 Å². The third-order valence-electron chi connectivity index (χ3n) is 1.02. The number of carbonyl (C=O) groups excluding carboxylic acids is 1. The van der Waals surface area contributed by atoms with Crippen molar-refractivity contribution in [2.45, 2.75) is 6.42 Å². The van der Waals surface area contributed by atoms with Crippen LogP contribution < -0.4 is 0 Å². The first-order chi connectivity index (χ1) is 4.83. The van der Waals surface area contributed by atoms with Gasteiger partial charge in [0.05, 0.1) is 17.4 Å². The summed E-state index contributed by atoms with van der Waals surface area (Å²) in [6, 6.07) is 1.68.